The molecule has 0 aromatic heterocycles. The molecule has 0 atom stereocenters. The maximum Gasteiger partial charge on any atom is 0.220 e. The van der Waals surface area contributed by atoms with Crippen molar-refractivity contribution in [3.63, 3.8) is 0 Å². The number of benzene rings is 2. The predicted octanol–water partition coefficient (Wildman–Crippen LogP) is 3.35. The van der Waals surface area contributed by atoms with Gasteiger partial charge in [0, 0.05) is 6.42 Å². The maximum atomic E-state index is 11.7. The van der Waals surface area contributed by atoms with Gasteiger partial charge in [0.25, 0.3) is 0 Å². The molecule has 0 aliphatic carbocycles. The Bertz CT molecular complexity index is 599. The highest BCUT2D eigenvalue weighted by atomic mass is 16.5. The molecule has 0 radical (unpaired) electrons. The Kier molecular flexibility index (Phi) is 6.98. The van der Waals surface area contributed by atoms with Gasteiger partial charge in [-0.1, -0.05) is 30.3 Å². The standard InChI is InChI=1S/C19H23NO3/c1-16-7-5-10-18(15-16)23-14-12-20-19(21)11-6-13-22-17-8-3-2-4-9-17/h2-5,7-10,15H,6,11-14H2,1H3,(H,20,21). The fraction of sp³-hybridized carbons (Fsp3) is 0.316. The summed E-state index contributed by atoms with van der Waals surface area (Å²) < 4.78 is 11.1. The lowest BCUT2D eigenvalue weighted by atomic mass is 10.2. The van der Waals surface area contributed by atoms with Crippen molar-refractivity contribution in [1.29, 1.82) is 0 Å². The molecule has 2 rings (SSSR count). The first-order valence-corrected chi connectivity index (χ1v) is 7.88. The van der Waals surface area contributed by atoms with Crippen LogP contribution in [0.25, 0.3) is 0 Å². The summed E-state index contributed by atoms with van der Waals surface area (Å²) >= 11 is 0. The van der Waals surface area contributed by atoms with Gasteiger partial charge in [-0.05, 0) is 43.2 Å². The first-order chi connectivity index (χ1) is 11.2. The quantitative estimate of drug-likeness (QED) is 0.722. The van der Waals surface area contributed by atoms with Gasteiger partial charge in [0.2, 0.25) is 5.91 Å². The van der Waals surface area contributed by atoms with Gasteiger partial charge in [-0.2, -0.15) is 0 Å². The molecular weight excluding hydrogens is 290 g/mol. The summed E-state index contributed by atoms with van der Waals surface area (Å²) in [7, 11) is 0. The third-order valence-corrected chi connectivity index (χ3v) is 3.24. The number of amides is 1. The number of para-hydroxylation sites is 1. The van der Waals surface area contributed by atoms with Crippen LogP contribution in [-0.4, -0.2) is 25.7 Å². The molecule has 0 unspecified atom stereocenters. The Morgan fingerprint density at radius 2 is 1.70 bits per heavy atom. The third-order valence-electron chi connectivity index (χ3n) is 3.24. The Balaban J connectivity index is 1.52. The number of aryl methyl sites for hydroxylation is 1. The summed E-state index contributed by atoms with van der Waals surface area (Å²) in [4.78, 5) is 11.7. The summed E-state index contributed by atoms with van der Waals surface area (Å²) in [6, 6.07) is 17.5. The van der Waals surface area contributed by atoms with Crippen molar-refractivity contribution in [3.8, 4) is 11.5 Å². The molecular formula is C19H23NO3. The van der Waals surface area contributed by atoms with Crippen LogP contribution in [0.1, 0.15) is 18.4 Å². The van der Waals surface area contributed by atoms with Crippen molar-refractivity contribution in [2.24, 2.45) is 0 Å². The van der Waals surface area contributed by atoms with Crippen LogP contribution in [0.2, 0.25) is 0 Å². The second kappa shape index (κ2) is 9.51. The third kappa shape index (κ3) is 6.87. The Hall–Kier alpha value is -2.49. The smallest absolute Gasteiger partial charge is 0.220 e. The van der Waals surface area contributed by atoms with E-state index in [0.717, 1.165) is 17.1 Å². The zero-order valence-electron chi connectivity index (χ0n) is 13.5. The van der Waals surface area contributed by atoms with E-state index in [-0.39, 0.29) is 5.91 Å². The number of ether oxygens (including phenoxy) is 2. The molecule has 1 N–H and O–H groups in total. The lowest BCUT2D eigenvalue weighted by Gasteiger charge is -2.09. The highest BCUT2D eigenvalue weighted by Gasteiger charge is 2.01. The number of carbonyl (C=O) groups excluding carboxylic acids is 1. The van der Waals surface area contributed by atoms with Gasteiger partial charge in [0.1, 0.15) is 18.1 Å². The Morgan fingerprint density at radius 1 is 0.957 bits per heavy atom. The Labute approximate surface area is 137 Å². The first kappa shape index (κ1) is 16.9. The number of nitrogens with one attached hydrogen (secondary N) is 1. The average Bonchev–Trinajstić information content (AvgIpc) is 2.57. The van der Waals surface area contributed by atoms with Crippen molar-refractivity contribution >= 4 is 5.91 Å². The molecule has 4 nitrogen and oxygen atoms in total. The van der Waals surface area contributed by atoms with Crippen molar-refractivity contribution in [2.45, 2.75) is 19.8 Å². The van der Waals surface area contributed by atoms with Gasteiger partial charge < -0.3 is 14.8 Å². The molecule has 0 spiro atoms. The molecule has 0 aliphatic rings. The van der Waals surface area contributed by atoms with Crippen LogP contribution in [0.3, 0.4) is 0 Å². The van der Waals surface area contributed by atoms with Crippen molar-refractivity contribution < 1.29 is 14.3 Å². The maximum absolute atomic E-state index is 11.7. The summed E-state index contributed by atoms with van der Waals surface area (Å²) in [6.45, 7) is 3.53. The van der Waals surface area contributed by atoms with E-state index < -0.39 is 0 Å². The fourth-order valence-electron chi connectivity index (χ4n) is 2.09. The molecule has 0 aliphatic heterocycles. The molecule has 0 fully saturated rings. The van der Waals surface area contributed by atoms with Crippen LogP contribution in [-0.2, 0) is 4.79 Å². The molecule has 2 aromatic carbocycles. The van der Waals surface area contributed by atoms with Gasteiger partial charge in [-0.3, -0.25) is 4.79 Å². The minimum absolute atomic E-state index is 0.0227. The van der Waals surface area contributed by atoms with Gasteiger partial charge in [0.15, 0.2) is 0 Å². The fourth-order valence-corrected chi connectivity index (χ4v) is 2.09. The number of hydrogen-bond donors (Lipinski definition) is 1. The molecule has 2 aromatic rings. The topological polar surface area (TPSA) is 47.6 Å². The summed E-state index contributed by atoms with van der Waals surface area (Å²) in [5, 5.41) is 2.85. The van der Waals surface area contributed by atoms with Gasteiger partial charge in [0.05, 0.1) is 13.2 Å². The minimum atomic E-state index is 0.0227. The van der Waals surface area contributed by atoms with Crippen LogP contribution in [0.4, 0.5) is 0 Å². The van der Waals surface area contributed by atoms with E-state index in [1.165, 1.54) is 0 Å². The summed E-state index contributed by atoms with van der Waals surface area (Å²) in [6.07, 6.45) is 1.15. The summed E-state index contributed by atoms with van der Waals surface area (Å²) in [5.74, 6) is 1.68. The average molecular weight is 313 g/mol. The highest BCUT2D eigenvalue weighted by molar-refractivity contribution is 5.75. The zero-order chi connectivity index (χ0) is 16.3. The lowest BCUT2D eigenvalue weighted by Crippen LogP contribution is -2.28. The SMILES string of the molecule is Cc1cccc(OCCNC(=O)CCCOc2ccccc2)c1. The van der Waals surface area contributed by atoms with E-state index in [2.05, 4.69) is 5.32 Å². The number of hydrogen-bond acceptors (Lipinski definition) is 3. The van der Waals surface area contributed by atoms with Crippen molar-refractivity contribution in [1.82, 2.24) is 5.32 Å². The zero-order valence-corrected chi connectivity index (χ0v) is 13.5. The lowest BCUT2D eigenvalue weighted by molar-refractivity contribution is -0.121. The Morgan fingerprint density at radius 3 is 2.48 bits per heavy atom. The molecule has 23 heavy (non-hydrogen) atoms. The summed E-state index contributed by atoms with van der Waals surface area (Å²) in [5.41, 5.74) is 1.16. The molecule has 0 saturated carbocycles. The van der Waals surface area contributed by atoms with Crippen molar-refractivity contribution in [2.75, 3.05) is 19.8 Å². The van der Waals surface area contributed by atoms with Crippen LogP contribution in [0, 0.1) is 6.92 Å². The second-order valence-corrected chi connectivity index (χ2v) is 5.28. The van der Waals surface area contributed by atoms with Crippen LogP contribution >= 0.6 is 0 Å². The molecule has 4 heteroatoms. The molecule has 122 valence electrons. The van der Waals surface area contributed by atoms with E-state index in [0.29, 0.717) is 32.6 Å². The monoisotopic (exact) mass is 313 g/mol. The van der Waals surface area contributed by atoms with E-state index in [4.69, 9.17) is 9.47 Å². The van der Waals surface area contributed by atoms with Gasteiger partial charge in [-0.25, -0.2) is 0 Å². The van der Waals surface area contributed by atoms with E-state index in [1.54, 1.807) is 0 Å². The van der Waals surface area contributed by atoms with Crippen molar-refractivity contribution in [3.05, 3.63) is 60.2 Å². The van der Waals surface area contributed by atoms with Crippen LogP contribution in [0.5, 0.6) is 11.5 Å². The normalized spacial score (nSPS) is 10.1. The minimum Gasteiger partial charge on any atom is -0.494 e. The number of rotatable bonds is 9. The molecule has 0 bridgehead atoms. The van der Waals surface area contributed by atoms with Gasteiger partial charge in [-0.15, -0.1) is 0 Å². The molecule has 1 amide bonds. The second-order valence-electron chi connectivity index (χ2n) is 5.28. The highest BCUT2D eigenvalue weighted by Crippen LogP contribution is 2.11. The van der Waals surface area contributed by atoms with E-state index in [1.807, 2.05) is 61.5 Å². The van der Waals surface area contributed by atoms with Crippen LogP contribution in [0.15, 0.2) is 54.6 Å². The number of carbonyl (C=O) groups is 1. The first-order valence-electron chi connectivity index (χ1n) is 7.88. The van der Waals surface area contributed by atoms with Gasteiger partial charge >= 0.3 is 0 Å². The van der Waals surface area contributed by atoms with E-state index >= 15 is 0 Å². The molecule has 0 saturated heterocycles. The van der Waals surface area contributed by atoms with Crippen LogP contribution < -0.4 is 14.8 Å². The van der Waals surface area contributed by atoms with E-state index in [9.17, 15) is 4.79 Å². The molecule has 0 heterocycles. The predicted molar refractivity (Wildman–Crippen MR) is 90.9 cm³/mol. The largest absolute Gasteiger partial charge is 0.494 e.